The van der Waals surface area contributed by atoms with E-state index in [1.165, 1.54) is 10.8 Å². The van der Waals surface area contributed by atoms with E-state index in [0.717, 1.165) is 0 Å². The van der Waals surface area contributed by atoms with Crippen LogP contribution in [-0.2, 0) is 7.05 Å². The molecule has 0 atom stereocenters. The summed E-state index contributed by atoms with van der Waals surface area (Å²) < 4.78 is 14.1. The third kappa shape index (κ3) is 0.753. The van der Waals surface area contributed by atoms with Gasteiger partial charge in [0.05, 0.1) is 6.20 Å². The summed E-state index contributed by atoms with van der Waals surface area (Å²) in [4.78, 5) is 3.37. The molecule has 1 aromatic heterocycles. The number of hydrogen-bond donors (Lipinski definition) is 0. The predicted octanol–water partition coefficient (Wildman–Crippen LogP) is 1.32. The molecule has 0 fully saturated rings. The molecule has 0 N–H and O–H groups in total. The fourth-order valence-electron chi connectivity index (χ4n) is 0.368. The molecule has 0 radical (unpaired) electrons. The van der Waals surface area contributed by atoms with Gasteiger partial charge >= 0.3 is 0 Å². The molecule has 0 aliphatic rings. The van der Waals surface area contributed by atoms with Crippen LogP contribution >= 0.6 is 15.9 Å². The average molecular weight is 179 g/mol. The molecular formula is C4H4BrFN2. The highest BCUT2D eigenvalue weighted by atomic mass is 79.9. The third-order valence-electron chi connectivity index (χ3n) is 0.875. The van der Waals surface area contributed by atoms with Gasteiger partial charge in [-0.25, -0.2) is 4.98 Å². The van der Waals surface area contributed by atoms with Crippen molar-refractivity contribution in [1.82, 2.24) is 9.55 Å². The van der Waals surface area contributed by atoms with E-state index in [9.17, 15) is 4.39 Å². The molecular weight excluding hydrogens is 175 g/mol. The Morgan fingerprint density at radius 3 is 2.62 bits per heavy atom. The number of aromatic nitrogens is 2. The van der Waals surface area contributed by atoms with Gasteiger partial charge in [-0.05, 0) is 15.9 Å². The molecule has 0 saturated heterocycles. The van der Waals surface area contributed by atoms with E-state index in [2.05, 4.69) is 20.9 Å². The van der Waals surface area contributed by atoms with E-state index in [4.69, 9.17) is 0 Å². The Morgan fingerprint density at radius 2 is 2.50 bits per heavy atom. The van der Waals surface area contributed by atoms with Crippen molar-refractivity contribution in [2.75, 3.05) is 0 Å². The molecule has 2 nitrogen and oxygen atoms in total. The van der Waals surface area contributed by atoms with Gasteiger partial charge in [0.15, 0.2) is 0 Å². The molecule has 0 aliphatic heterocycles. The van der Waals surface area contributed by atoms with Crippen LogP contribution in [0, 0.1) is 6.08 Å². The van der Waals surface area contributed by atoms with Crippen LogP contribution in [0.25, 0.3) is 0 Å². The smallest absolute Gasteiger partial charge is 0.289 e. The van der Waals surface area contributed by atoms with E-state index in [0.29, 0.717) is 4.60 Å². The topological polar surface area (TPSA) is 17.8 Å². The molecule has 0 unspecified atom stereocenters. The van der Waals surface area contributed by atoms with Crippen molar-refractivity contribution < 1.29 is 4.39 Å². The Balaban J connectivity index is 3.19. The van der Waals surface area contributed by atoms with Gasteiger partial charge in [0, 0.05) is 7.05 Å². The SMILES string of the molecule is Cn1c(Br)cnc1F. The standard InChI is InChI=1S/C4H4BrFN2/c1-8-3(5)2-7-4(8)6/h2H,1H3. The van der Waals surface area contributed by atoms with Crippen molar-refractivity contribution in [1.29, 1.82) is 0 Å². The quantitative estimate of drug-likeness (QED) is 0.587. The third-order valence-corrected chi connectivity index (χ3v) is 1.61. The van der Waals surface area contributed by atoms with Crippen LogP contribution in [0.3, 0.4) is 0 Å². The van der Waals surface area contributed by atoms with E-state index >= 15 is 0 Å². The molecule has 0 amide bonds. The lowest BCUT2D eigenvalue weighted by Crippen LogP contribution is -1.91. The van der Waals surface area contributed by atoms with Gasteiger partial charge in [-0.1, -0.05) is 0 Å². The lowest BCUT2D eigenvalue weighted by Gasteiger charge is -1.88. The number of nitrogens with zero attached hydrogens (tertiary/aromatic N) is 2. The number of hydrogen-bond acceptors (Lipinski definition) is 1. The van der Waals surface area contributed by atoms with Crippen molar-refractivity contribution in [2.45, 2.75) is 0 Å². The average Bonchev–Trinajstić information content (AvgIpc) is 1.98. The summed E-state index contributed by atoms with van der Waals surface area (Å²) >= 11 is 3.08. The van der Waals surface area contributed by atoms with Crippen molar-refractivity contribution in [2.24, 2.45) is 7.05 Å². The molecule has 1 rings (SSSR count). The monoisotopic (exact) mass is 178 g/mol. The first kappa shape index (κ1) is 5.75. The van der Waals surface area contributed by atoms with Crippen LogP contribution in [-0.4, -0.2) is 9.55 Å². The number of halogens is 2. The Labute approximate surface area is 54.5 Å². The van der Waals surface area contributed by atoms with Gasteiger partial charge < -0.3 is 0 Å². The van der Waals surface area contributed by atoms with E-state index in [-0.39, 0.29) is 0 Å². The first-order chi connectivity index (χ1) is 3.72. The Morgan fingerprint density at radius 1 is 1.88 bits per heavy atom. The Hall–Kier alpha value is -0.380. The van der Waals surface area contributed by atoms with Crippen LogP contribution in [0.1, 0.15) is 0 Å². The molecule has 4 heteroatoms. The minimum absolute atomic E-state index is 0.475. The number of rotatable bonds is 0. The maximum Gasteiger partial charge on any atom is 0.289 e. The molecule has 0 aliphatic carbocycles. The van der Waals surface area contributed by atoms with Crippen molar-refractivity contribution >= 4 is 15.9 Å². The van der Waals surface area contributed by atoms with Gasteiger partial charge in [0.2, 0.25) is 0 Å². The molecule has 0 spiro atoms. The van der Waals surface area contributed by atoms with Crippen molar-refractivity contribution in [3.8, 4) is 0 Å². The highest BCUT2D eigenvalue weighted by molar-refractivity contribution is 9.10. The van der Waals surface area contributed by atoms with Gasteiger partial charge in [0.1, 0.15) is 4.60 Å². The largest absolute Gasteiger partial charge is 0.298 e. The first-order valence-electron chi connectivity index (χ1n) is 2.04. The Bertz CT molecular complexity index is 176. The van der Waals surface area contributed by atoms with Crippen LogP contribution < -0.4 is 0 Å². The lowest BCUT2D eigenvalue weighted by molar-refractivity contribution is 0.497. The van der Waals surface area contributed by atoms with Crippen LogP contribution in [0.4, 0.5) is 4.39 Å². The molecule has 0 bridgehead atoms. The maximum atomic E-state index is 12.2. The zero-order valence-corrected chi connectivity index (χ0v) is 5.81. The zero-order valence-electron chi connectivity index (χ0n) is 4.23. The summed E-state index contributed by atoms with van der Waals surface area (Å²) in [6.45, 7) is 0. The summed E-state index contributed by atoms with van der Waals surface area (Å²) in [6.07, 6.45) is 0.937. The predicted molar refractivity (Wildman–Crippen MR) is 30.9 cm³/mol. The van der Waals surface area contributed by atoms with Crippen LogP contribution in [0.2, 0.25) is 0 Å². The summed E-state index contributed by atoms with van der Waals surface area (Å²) in [6, 6.07) is 0. The summed E-state index contributed by atoms with van der Waals surface area (Å²) in [5.74, 6) is 0. The highest BCUT2D eigenvalue weighted by Crippen LogP contribution is 2.07. The number of imidazole rings is 1. The molecule has 1 heterocycles. The fraction of sp³-hybridized carbons (Fsp3) is 0.250. The maximum absolute atomic E-state index is 12.2. The van der Waals surface area contributed by atoms with Gasteiger partial charge in [-0.2, -0.15) is 4.39 Å². The van der Waals surface area contributed by atoms with Gasteiger partial charge in [0.25, 0.3) is 6.08 Å². The minimum Gasteiger partial charge on any atom is -0.298 e. The van der Waals surface area contributed by atoms with E-state index in [1.807, 2.05) is 0 Å². The van der Waals surface area contributed by atoms with E-state index in [1.54, 1.807) is 7.05 Å². The molecule has 44 valence electrons. The molecule has 8 heavy (non-hydrogen) atoms. The summed E-state index contributed by atoms with van der Waals surface area (Å²) in [5, 5.41) is 0. The Kier molecular flexibility index (Phi) is 1.33. The van der Waals surface area contributed by atoms with E-state index < -0.39 is 6.08 Å². The normalized spacial score (nSPS) is 9.88. The highest BCUT2D eigenvalue weighted by Gasteiger charge is 1.98. The van der Waals surface area contributed by atoms with Crippen LogP contribution in [0.5, 0.6) is 0 Å². The van der Waals surface area contributed by atoms with Gasteiger partial charge in [-0.3, -0.25) is 4.57 Å². The molecule has 0 saturated carbocycles. The van der Waals surface area contributed by atoms with Crippen molar-refractivity contribution in [3.05, 3.63) is 16.9 Å². The lowest BCUT2D eigenvalue weighted by atomic mass is 10.9. The second kappa shape index (κ2) is 1.85. The summed E-state index contributed by atoms with van der Waals surface area (Å²) in [5.41, 5.74) is 0. The first-order valence-corrected chi connectivity index (χ1v) is 2.84. The second-order valence-electron chi connectivity index (χ2n) is 1.41. The van der Waals surface area contributed by atoms with Gasteiger partial charge in [-0.15, -0.1) is 0 Å². The van der Waals surface area contributed by atoms with Crippen LogP contribution in [0.15, 0.2) is 10.8 Å². The fourth-order valence-corrected chi connectivity index (χ4v) is 0.617. The zero-order chi connectivity index (χ0) is 6.15. The molecule has 0 aromatic carbocycles. The summed E-state index contributed by atoms with van der Waals surface area (Å²) in [7, 11) is 1.59. The van der Waals surface area contributed by atoms with Crippen molar-refractivity contribution in [3.63, 3.8) is 0 Å². The second-order valence-corrected chi connectivity index (χ2v) is 2.22. The molecule has 1 aromatic rings. The minimum atomic E-state index is -0.475.